The number of thioether (sulfide) groups is 1. The van der Waals surface area contributed by atoms with Crippen LogP contribution in [0.2, 0.25) is 0 Å². The molecule has 150 valence electrons. The summed E-state index contributed by atoms with van der Waals surface area (Å²) in [6.45, 7) is 0. The van der Waals surface area contributed by atoms with Crippen molar-refractivity contribution in [1.29, 1.82) is 0 Å². The smallest absolute Gasteiger partial charge is 0.255 e. The van der Waals surface area contributed by atoms with Crippen LogP contribution in [-0.2, 0) is 4.79 Å². The monoisotopic (exact) mass is 434 g/mol. The molecule has 2 aromatic carbocycles. The fourth-order valence-electron chi connectivity index (χ4n) is 3.45. The molecule has 0 radical (unpaired) electrons. The molecule has 6 nitrogen and oxygen atoms in total. The highest BCUT2D eigenvalue weighted by atomic mass is 32.2. The quantitative estimate of drug-likeness (QED) is 0.498. The topological polar surface area (TPSA) is 78.1 Å². The maximum Gasteiger partial charge on any atom is 0.255 e. The Morgan fingerprint density at radius 2 is 1.97 bits per heavy atom. The molecule has 0 unspecified atom stereocenters. The van der Waals surface area contributed by atoms with Gasteiger partial charge in [0.25, 0.3) is 5.91 Å². The lowest BCUT2D eigenvalue weighted by molar-refractivity contribution is -0.119. The van der Waals surface area contributed by atoms with E-state index in [1.807, 2.05) is 53.9 Å². The van der Waals surface area contributed by atoms with Crippen molar-refractivity contribution in [1.82, 2.24) is 14.9 Å². The number of thiophene rings is 1. The molecule has 2 aromatic heterocycles. The molecule has 3 heterocycles. The van der Waals surface area contributed by atoms with Gasteiger partial charge in [0.05, 0.1) is 21.8 Å². The second-order valence-corrected chi connectivity index (χ2v) is 8.89. The highest BCUT2D eigenvalue weighted by Crippen LogP contribution is 2.27. The average molecular weight is 435 g/mol. The first kappa shape index (κ1) is 18.9. The van der Waals surface area contributed by atoms with E-state index in [4.69, 9.17) is 0 Å². The summed E-state index contributed by atoms with van der Waals surface area (Å²) >= 11 is 3.21. The van der Waals surface area contributed by atoms with Crippen molar-refractivity contribution in [3.8, 4) is 10.7 Å². The van der Waals surface area contributed by atoms with Crippen LogP contribution < -0.4 is 5.32 Å². The first-order valence-electron chi connectivity index (χ1n) is 9.47. The molecule has 4 aromatic rings. The number of nitrogens with zero attached hydrogens (tertiary/aromatic N) is 2. The number of hydrogen-bond donors (Lipinski definition) is 2. The summed E-state index contributed by atoms with van der Waals surface area (Å²) in [5, 5.41) is 4.98. The zero-order chi connectivity index (χ0) is 20.5. The van der Waals surface area contributed by atoms with E-state index in [1.54, 1.807) is 40.1 Å². The maximum atomic E-state index is 12.9. The van der Waals surface area contributed by atoms with Crippen LogP contribution in [0.3, 0.4) is 0 Å². The molecular formula is C22H18N4O2S2. The number of nitrogens with one attached hydrogen (secondary N) is 2. The molecule has 2 amide bonds. The van der Waals surface area contributed by atoms with E-state index in [0.717, 1.165) is 21.7 Å². The number of hydrogen-bond acceptors (Lipinski definition) is 5. The molecule has 0 saturated carbocycles. The molecule has 1 saturated heterocycles. The number of imidazole rings is 1. The molecule has 0 bridgehead atoms. The minimum absolute atomic E-state index is 0.120. The van der Waals surface area contributed by atoms with E-state index in [2.05, 4.69) is 15.3 Å². The van der Waals surface area contributed by atoms with E-state index < -0.39 is 6.04 Å². The van der Waals surface area contributed by atoms with Gasteiger partial charge < -0.3 is 15.2 Å². The van der Waals surface area contributed by atoms with Gasteiger partial charge >= 0.3 is 0 Å². The number of H-pyrrole nitrogens is 1. The molecular weight excluding hydrogens is 416 g/mol. The van der Waals surface area contributed by atoms with Crippen LogP contribution >= 0.6 is 23.1 Å². The number of fused-ring (bicyclic) bond motifs is 1. The summed E-state index contributed by atoms with van der Waals surface area (Å²) in [5.74, 6) is 1.61. The third kappa shape index (κ3) is 3.59. The SMILES string of the molecule is O=C(Nc1ccc2nc(-c3cccs3)[nH]c2c1)[C@@H]1CSCN1C(=O)c1ccccc1. The highest BCUT2D eigenvalue weighted by Gasteiger charge is 2.35. The van der Waals surface area contributed by atoms with E-state index in [9.17, 15) is 9.59 Å². The molecule has 30 heavy (non-hydrogen) atoms. The zero-order valence-corrected chi connectivity index (χ0v) is 17.5. The lowest BCUT2D eigenvalue weighted by atomic mass is 10.1. The summed E-state index contributed by atoms with van der Waals surface area (Å²) in [6.07, 6.45) is 0. The second-order valence-electron chi connectivity index (χ2n) is 6.94. The Morgan fingerprint density at radius 1 is 1.10 bits per heavy atom. The fraction of sp³-hybridized carbons (Fsp3) is 0.136. The molecule has 1 fully saturated rings. The first-order chi connectivity index (χ1) is 14.7. The Hall–Kier alpha value is -3.10. The van der Waals surface area contributed by atoms with Crippen LogP contribution in [0, 0.1) is 0 Å². The minimum atomic E-state index is -0.498. The average Bonchev–Trinajstić information content (AvgIpc) is 3.53. The number of carbonyl (C=O) groups excluding carboxylic acids is 2. The first-order valence-corrected chi connectivity index (χ1v) is 11.5. The van der Waals surface area contributed by atoms with E-state index >= 15 is 0 Å². The lowest BCUT2D eigenvalue weighted by Gasteiger charge is -2.23. The molecule has 0 aliphatic carbocycles. The van der Waals surface area contributed by atoms with Crippen LogP contribution in [0.4, 0.5) is 5.69 Å². The van der Waals surface area contributed by atoms with Crippen molar-refractivity contribution < 1.29 is 9.59 Å². The number of aromatic amines is 1. The van der Waals surface area contributed by atoms with E-state index in [0.29, 0.717) is 22.9 Å². The Kier molecular flexibility index (Phi) is 5.02. The Morgan fingerprint density at radius 3 is 2.77 bits per heavy atom. The van der Waals surface area contributed by atoms with Gasteiger partial charge in [-0.3, -0.25) is 9.59 Å². The van der Waals surface area contributed by atoms with Crippen LogP contribution in [0.15, 0.2) is 66.0 Å². The predicted octanol–water partition coefficient (Wildman–Crippen LogP) is 4.45. The summed E-state index contributed by atoms with van der Waals surface area (Å²) in [6, 6.07) is 18.2. The summed E-state index contributed by atoms with van der Waals surface area (Å²) < 4.78 is 0. The lowest BCUT2D eigenvalue weighted by Crippen LogP contribution is -2.44. The van der Waals surface area contributed by atoms with Gasteiger partial charge in [0.15, 0.2) is 0 Å². The van der Waals surface area contributed by atoms with Gasteiger partial charge in [-0.15, -0.1) is 23.1 Å². The highest BCUT2D eigenvalue weighted by molar-refractivity contribution is 7.99. The van der Waals surface area contributed by atoms with Crippen LogP contribution in [0.25, 0.3) is 21.7 Å². The second kappa shape index (κ2) is 7.97. The van der Waals surface area contributed by atoms with E-state index in [1.165, 1.54) is 0 Å². The van der Waals surface area contributed by atoms with Gasteiger partial charge in [-0.1, -0.05) is 24.3 Å². The Labute approximate surface area is 181 Å². The molecule has 1 atom stereocenters. The number of amides is 2. The maximum absolute atomic E-state index is 12.9. The number of aromatic nitrogens is 2. The summed E-state index contributed by atoms with van der Waals surface area (Å²) in [4.78, 5) is 36.4. The number of carbonyl (C=O) groups is 2. The Balaban J connectivity index is 1.34. The molecule has 2 N–H and O–H groups in total. The molecule has 5 rings (SSSR count). The van der Waals surface area contributed by atoms with Crippen molar-refractivity contribution in [2.45, 2.75) is 6.04 Å². The van der Waals surface area contributed by atoms with Gasteiger partial charge in [0, 0.05) is 17.0 Å². The van der Waals surface area contributed by atoms with Crippen molar-refractivity contribution >= 4 is 51.6 Å². The van der Waals surface area contributed by atoms with Gasteiger partial charge in [-0.2, -0.15) is 0 Å². The van der Waals surface area contributed by atoms with Crippen LogP contribution in [0.5, 0.6) is 0 Å². The van der Waals surface area contributed by atoms with Gasteiger partial charge in [-0.25, -0.2) is 4.98 Å². The fourth-order valence-corrected chi connectivity index (χ4v) is 5.27. The van der Waals surface area contributed by atoms with Gasteiger partial charge in [0.1, 0.15) is 11.9 Å². The standard InChI is InChI=1S/C22H18N4O2S2/c27-21(18-12-29-13-26(18)22(28)14-5-2-1-3-6-14)23-15-8-9-16-17(11-15)25-20(24-16)19-7-4-10-30-19/h1-11,18H,12-13H2,(H,23,27)(H,24,25)/t18-/m0/s1. The summed E-state index contributed by atoms with van der Waals surface area (Å²) in [5.41, 5.74) is 2.97. The van der Waals surface area contributed by atoms with Crippen LogP contribution in [-0.4, -0.2) is 44.4 Å². The molecule has 1 aliphatic heterocycles. The van der Waals surface area contributed by atoms with Crippen LogP contribution in [0.1, 0.15) is 10.4 Å². The Bertz CT molecular complexity index is 1200. The normalized spacial score (nSPS) is 16.1. The predicted molar refractivity (Wildman–Crippen MR) is 122 cm³/mol. The van der Waals surface area contributed by atoms with Crippen molar-refractivity contribution in [2.24, 2.45) is 0 Å². The van der Waals surface area contributed by atoms with Gasteiger partial charge in [-0.05, 0) is 41.8 Å². The molecule has 0 spiro atoms. The number of rotatable bonds is 4. The molecule has 1 aliphatic rings. The number of benzene rings is 2. The third-order valence-electron chi connectivity index (χ3n) is 4.97. The number of anilines is 1. The largest absolute Gasteiger partial charge is 0.337 e. The third-order valence-corrected chi connectivity index (χ3v) is 6.86. The van der Waals surface area contributed by atoms with Crippen molar-refractivity contribution in [3.05, 3.63) is 71.6 Å². The summed E-state index contributed by atoms with van der Waals surface area (Å²) in [7, 11) is 0. The van der Waals surface area contributed by atoms with Crippen molar-refractivity contribution in [3.63, 3.8) is 0 Å². The van der Waals surface area contributed by atoms with Gasteiger partial charge in [0.2, 0.25) is 5.91 Å². The van der Waals surface area contributed by atoms with E-state index in [-0.39, 0.29) is 11.8 Å². The minimum Gasteiger partial charge on any atom is -0.337 e. The zero-order valence-electron chi connectivity index (χ0n) is 15.9. The molecule has 8 heteroatoms. The van der Waals surface area contributed by atoms with Crippen molar-refractivity contribution in [2.75, 3.05) is 16.9 Å².